The third-order valence-corrected chi connectivity index (χ3v) is 4.84. The Morgan fingerprint density at radius 3 is 2.12 bits per heavy atom. The van der Waals surface area contributed by atoms with E-state index in [4.69, 9.17) is 0 Å². The van der Waals surface area contributed by atoms with E-state index in [1.165, 1.54) is 24.3 Å². The van der Waals surface area contributed by atoms with Crippen molar-refractivity contribution in [3.05, 3.63) is 59.7 Å². The molecule has 138 valence electrons. The van der Waals surface area contributed by atoms with Gasteiger partial charge in [-0.25, -0.2) is 0 Å². The van der Waals surface area contributed by atoms with Crippen LogP contribution in [0, 0.1) is 6.92 Å². The Morgan fingerprint density at radius 1 is 1.00 bits per heavy atom. The minimum atomic E-state index is -4.73. The molecule has 3 rings (SSSR count). The number of rotatable bonds is 4. The minimum Gasteiger partial charge on any atom is -0.406 e. The number of benzene rings is 2. The van der Waals surface area contributed by atoms with Crippen LogP contribution in [0.1, 0.15) is 36.8 Å². The van der Waals surface area contributed by atoms with Crippen LogP contribution in [0.5, 0.6) is 5.75 Å². The Bertz CT molecular complexity index is 761. The Labute approximate surface area is 150 Å². The highest BCUT2D eigenvalue weighted by atomic mass is 19.4. The highest BCUT2D eigenvalue weighted by Crippen LogP contribution is 2.42. The summed E-state index contributed by atoms with van der Waals surface area (Å²) in [5.41, 5.74) is 1.97. The summed E-state index contributed by atoms with van der Waals surface area (Å²) in [6.07, 6.45) is -1.27. The maximum absolute atomic E-state index is 13.0. The van der Waals surface area contributed by atoms with E-state index in [2.05, 4.69) is 10.1 Å². The summed E-state index contributed by atoms with van der Waals surface area (Å²) in [7, 11) is 0. The Kier molecular flexibility index (Phi) is 4.94. The zero-order valence-corrected chi connectivity index (χ0v) is 14.4. The molecule has 0 aliphatic heterocycles. The van der Waals surface area contributed by atoms with Gasteiger partial charge in [-0.3, -0.25) is 4.79 Å². The molecular weight excluding hydrogens is 343 g/mol. The topological polar surface area (TPSA) is 38.3 Å². The van der Waals surface area contributed by atoms with Crippen molar-refractivity contribution in [2.45, 2.75) is 44.4 Å². The highest BCUT2D eigenvalue weighted by Gasteiger charge is 2.42. The normalized spacial score (nSPS) is 16.3. The molecule has 0 atom stereocenters. The molecule has 0 unspecified atom stereocenters. The third kappa shape index (κ3) is 4.00. The minimum absolute atomic E-state index is 0.122. The lowest BCUT2D eigenvalue weighted by Crippen LogP contribution is -2.38. The first-order valence-electron chi connectivity index (χ1n) is 8.53. The molecule has 0 aromatic heterocycles. The summed E-state index contributed by atoms with van der Waals surface area (Å²) in [5, 5.41) is 2.85. The number of carbonyl (C=O) groups excluding carboxylic acids is 1. The average Bonchev–Trinajstić information content (AvgIpc) is 3.07. The van der Waals surface area contributed by atoms with Gasteiger partial charge in [0.15, 0.2) is 0 Å². The van der Waals surface area contributed by atoms with Crippen LogP contribution in [0.3, 0.4) is 0 Å². The fourth-order valence-corrected chi connectivity index (χ4v) is 3.49. The molecule has 0 radical (unpaired) electrons. The predicted molar refractivity (Wildman–Crippen MR) is 93.1 cm³/mol. The Balaban J connectivity index is 1.77. The van der Waals surface area contributed by atoms with Crippen LogP contribution in [0.4, 0.5) is 18.9 Å². The van der Waals surface area contributed by atoms with Crippen molar-refractivity contribution in [1.29, 1.82) is 0 Å². The molecule has 2 aromatic carbocycles. The molecule has 1 aliphatic rings. The second-order valence-electron chi connectivity index (χ2n) is 6.68. The molecule has 1 fully saturated rings. The fraction of sp³-hybridized carbons (Fsp3) is 0.350. The highest BCUT2D eigenvalue weighted by molar-refractivity contribution is 5.99. The van der Waals surface area contributed by atoms with Gasteiger partial charge in [0.05, 0.1) is 5.41 Å². The summed E-state index contributed by atoms with van der Waals surface area (Å²) >= 11 is 0. The van der Waals surface area contributed by atoms with Crippen molar-refractivity contribution in [2.75, 3.05) is 5.32 Å². The van der Waals surface area contributed by atoms with Crippen LogP contribution >= 0.6 is 0 Å². The molecule has 2 aromatic rings. The molecule has 1 N–H and O–H groups in total. The standard InChI is InChI=1S/C20H20F3NO2/c1-14-4-6-15(7-5-14)19(12-2-3-13-19)18(25)24-16-8-10-17(11-9-16)26-20(21,22)23/h4-11H,2-3,12-13H2,1H3,(H,24,25). The number of halogens is 3. The average molecular weight is 363 g/mol. The first-order chi connectivity index (χ1) is 12.3. The molecule has 6 heteroatoms. The zero-order valence-electron chi connectivity index (χ0n) is 14.4. The van der Waals surface area contributed by atoms with E-state index in [0.717, 1.165) is 36.8 Å². The predicted octanol–water partition coefficient (Wildman–Crippen LogP) is 5.34. The molecule has 1 saturated carbocycles. The van der Waals surface area contributed by atoms with Crippen molar-refractivity contribution >= 4 is 11.6 Å². The Hall–Kier alpha value is -2.50. The second-order valence-corrected chi connectivity index (χ2v) is 6.68. The van der Waals surface area contributed by atoms with E-state index in [1.54, 1.807) is 0 Å². The lowest BCUT2D eigenvalue weighted by molar-refractivity contribution is -0.274. The number of nitrogens with one attached hydrogen (secondary N) is 1. The van der Waals surface area contributed by atoms with Gasteiger partial charge in [-0.05, 0) is 49.6 Å². The van der Waals surface area contributed by atoms with Crippen LogP contribution in [0.2, 0.25) is 0 Å². The van der Waals surface area contributed by atoms with E-state index >= 15 is 0 Å². The molecule has 0 bridgehead atoms. The third-order valence-electron chi connectivity index (χ3n) is 4.84. The van der Waals surface area contributed by atoms with Crippen molar-refractivity contribution < 1.29 is 22.7 Å². The van der Waals surface area contributed by atoms with Crippen LogP contribution in [0.25, 0.3) is 0 Å². The lowest BCUT2D eigenvalue weighted by atomic mass is 9.77. The van der Waals surface area contributed by atoms with E-state index in [9.17, 15) is 18.0 Å². The number of amides is 1. The van der Waals surface area contributed by atoms with Gasteiger partial charge >= 0.3 is 6.36 Å². The number of hydrogen-bond acceptors (Lipinski definition) is 2. The van der Waals surface area contributed by atoms with Crippen LogP contribution in [-0.4, -0.2) is 12.3 Å². The van der Waals surface area contributed by atoms with Gasteiger partial charge < -0.3 is 10.1 Å². The first-order valence-corrected chi connectivity index (χ1v) is 8.53. The lowest BCUT2D eigenvalue weighted by Gasteiger charge is -2.28. The number of alkyl halides is 3. The summed E-state index contributed by atoms with van der Waals surface area (Å²) in [6.45, 7) is 2.00. The zero-order chi connectivity index (χ0) is 18.8. The molecule has 0 heterocycles. The van der Waals surface area contributed by atoms with E-state index in [1.807, 2.05) is 31.2 Å². The summed E-state index contributed by atoms with van der Waals surface area (Å²) in [4.78, 5) is 13.0. The van der Waals surface area contributed by atoms with Crippen molar-refractivity contribution in [1.82, 2.24) is 0 Å². The van der Waals surface area contributed by atoms with Crippen LogP contribution < -0.4 is 10.1 Å². The molecule has 0 spiro atoms. The van der Waals surface area contributed by atoms with Crippen molar-refractivity contribution in [3.8, 4) is 5.75 Å². The molecule has 1 aliphatic carbocycles. The van der Waals surface area contributed by atoms with Gasteiger partial charge in [0, 0.05) is 5.69 Å². The van der Waals surface area contributed by atoms with E-state index in [-0.39, 0.29) is 11.7 Å². The van der Waals surface area contributed by atoms with E-state index < -0.39 is 11.8 Å². The SMILES string of the molecule is Cc1ccc(C2(C(=O)Nc3ccc(OC(F)(F)F)cc3)CCCC2)cc1. The fourth-order valence-electron chi connectivity index (χ4n) is 3.49. The van der Waals surface area contributed by atoms with Crippen LogP contribution in [-0.2, 0) is 10.2 Å². The van der Waals surface area contributed by atoms with Gasteiger partial charge in [-0.2, -0.15) is 0 Å². The molecule has 26 heavy (non-hydrogen) atoms. The van der Waals surface area contributed by atoms with Gasteiger partial charge in [0.1, 0.15) is 5.75 Å². The number of hydrogen-bond donors (Lipinski definition) is 1. The summed E-state index contributed by atoms with van der Waals surface area (Å²) in [6, 6.07) is 13.2. The van der Waals surface area contributed by atoms with Crippen LogP contribution in [0.15, 0.2) is 48.5 Å². The number of carbonyl (C=O) groups is 1. The van der Waals surface area contributed by atoms with Crippen molar-refractivity contribution in [2.24, 2.45) is 0 Å². The molecular formula is C20H20F3NO2. The van der Waals surface area contributed by atoms with Gasteiger partial charge in [0.25, 0.3) is 0 Å². The maximum Gasteiger partial charge on any atom is 0.573 e. The molecule has 1 amide bonds. The number of anilines is 1. The smallest absolute Gasteiger partial charge is 0.406 e. The molecule has 3 nitrogen and oxygen atoms in total. The van der Waals surface area contributed by atoms with Gasteiger partial charge in [-0.1, -0.05) is 42.7 Å². The molecule has 0 saturated heterocycles. The number of ether oxygens (including phenoxy) is 1. The summed E-state index contributed by atoms with van der Waals surface area (Å²) < 4.78 is 40.5. The van der Waals surface area contributed by atoms with Gasteiger partial charge in [-0.15, -0.1) is 13.2 Å². The second kappa shape index (κ2) is 7.02. The monoisotopic (exact) mass is 363 g/mol. The maximum atomic E-state index is 13.0. The van der Waals surface area contributed by atoms with E-state index in [0.29, 0.717) is 5.69 Å². The largest absolute Gasteiger partial charge is 0.573 e. The first kappa shape index (κ1) is 18.3. The Morgan fingerprint density at radius 2 is 1.58 bits per heavy atom. The van der Waals surface area contributed by atoms with Crippen molar-refractivity contribution in [3.63, 3.8) is 0 Å². The number of aryl methyl sites for hydroxylation is 1. The quantitative estimate of drug-likeness (QED) is 0.796. The van der Waals surface area contributed by atoms with Gasteiger partial charge in [0.2, 0.25) is 5.91 Å². The summed E-state index contributed by atoms with van der Waals surface area (Å²) in [5.74, 6) is -0.437.